The average Bonchev–Trinajstić information content (AvgIpc) is 2.48. The van der Waals surface area contributed by atoms with Gasteiger partial charge in [-0.2, -0.15) is 0 Å². The predicted octanol–water partition coefficient (Wildman–Crippen LogP) is 1.67. The second-order valence-electron chi connectivity index (χ2n) is 6.23. The Balaban J connectivity index is 1.92. The summed E-state index contributed by atoms with van der Waals surface area (Å²) in [6.45, 7) is 16.0. The van der Waals surface area contributed by atoms with E-state index in [0.717, 1.165) is 57.5 Å². The van der Waals surface area contributed by atoms with Gasteiger partial charge in [-0.3, -0.25) is 0 Å². The van der Waals surface area contributed by atoms with Crippen molar-refractivity contribution >= 4 is 5.95 Å². The molecule has 0 radical (unpaired) electrons. The van der Waals surface area contributed by atoms with Gasteiger partial charge in [-0.1, -0.05) is 20.8 Å². The van der Waals surface area contributed by atoms with Crippen LogP contribution in [0.5, 0.6) is 0 Å². The first-order valence-electron chi connectivity index (χ1n) is 8.10. The number of nitrogens with zero attached hydrogens (tertiary/aromatic N) is 4. The first-order valence-corrected chi connectivity index (χ1v) is 8.10. The summed E-state index contributed by atoms with van der Waals surface area (Å²) in [5, 5.41) is 3.45. The molecule has 2 heterocycles. The fourth-order valence-electron chi connectivity index (χ4n) is 2.57. The zero-order valence-corrected chi connectivity index (χ0v) is 13.9. The van der Waals surface area contributed by atoms with Crippen LogP contribution in [-0.4, -0.2) is 54.1 Å². The number of hydrogen-bond donors (Lipinski definition) is 1. The summed E-state index contributed by atoms with van der Waals surface area (Å²) in [7, 11) is 0. The summed E-state index contributed by atoms with van der Waals surface area (Å²) < 4.78 is 0. The third kappa shape index (κ3) is 4.64. The van der Waals surface area contributed by atoms with Crippen molar-refractivity contribution in [1.29, 1.82) is 0 Å². The van der Waals surface area contributed by atoms with Gasteiger partial charge in [0.25, 0.3) is 0 Å². The highest BCUT2D eigenvalue weighted by Gasteiger charge is 2.18. The minimum atomic E-state index is 0.667. The van der Waals surface area contributed by atoms with Crippen LogP contribution >= 0.6 is 0 Å². The first-order chi connectivity index (χ1) is 10.1. The van der Waals surface area contributed by atoms with Crippen molar-refractivity contribution < 1.29 is 0 Å². The lowest BCUT2D eigenvalue weighted by Gasteiger charge is -2.34. The van der Waals surface area contributed by atoms with E-state index in [1.54, 1.807) is 0 Å². The molecule has 0 spiro atoms. The Bertz CT molecular complexity index is 438. The number of piperazine rings is 1. The molecule has 2 rings (SSSR count). The molecule has 0 saturated carbocycles. The van der Waals surface area contributed by atoms with Gasteiger partial charge in [0.05, 0.1) is 0 Å². The molecule has 1 saturated heterocycles. The van der Waals surface area contributed by atoms with Crippen LogP contribution in [0.1, 0.15) is 32.0 Å². The zero-order valence-electron chi connectivity index (χ0n) is 13.9. The Labute approximate surface area is 128 Å². The largest absolute Gasteiger partial charge is 0.338 e. The molecule has 1 aromatic heterocycles. The molecule has 1 N–H and O–H groups in total. The number of likely N-dealkylation sites (N-methyl/N-ethyl adjacent to an activating group) is 1. The normalized spacial score (nSPS) is 16.7. The lowest BCUT2D eigenvalue weighted by Crippen LogP contribution is -2.46. The van der Waals surface area contributed by atoms with E-state index >= 15 is 0 Å². The van der Waals surface area contributed by atoms with Gasteiger partial charge < -0.3 is 15.1 Å². The molecule has 1 fully saturated rings. The molecule has 5 nitrogen and oxygen atoms in total. The molecule has 0 unspecified atom stereocenters. The number of anilines is 1. The number of hydrogen-bond acceptors (Lipinski definition) is 5. The van der Waals surface area contributed by atoms with Gasteiger partial charge in [-0.05, 0) is 25.9 Å². The predicted molar refractivity (Wildman–Crippen MR) is 87.6 cm³/mol. The Kier molecular flexibility index (Phi) is 5.94. The van der Waals surface area contributed by atoms with Crippen molar-refractivity contribution in [2.24, 2.45) is 5.92 Å². The second kappa shape index (κ2) is 7.71. The van der Waals surface area contributed by atoms with E-state index in [9.17, 15) is 0 Å². The summed E-state index contributed by atoms with van der Waals surface area (Å²) in [6.07, 6.45) is 1.98. The van der Waals surface area contributed by atoms with Crippen LogP contribution in [0.25, 0.3) is 0 Å². The number of nitrogens with one attached hydrogen (secondary N) is 1. The molecule has 1 aliphatic heterocycles. The molecule has 0 amide bonds. The van der Waals surface area contributed by atoms with Gasteiger partial charge in [-0.15, -0.1) is 0 Å². The molecule has 0 atom stereocenters. The highest BCUT2D eigenvalue weighted by Crippen LogP contribution is 2.13. The molecule has 1 aliphatic rings. The average molecular weight is 291 g/mol. The van der Waals surface area contributed by atoms with Crippen LogP contribution < -0.4 is 10.2 Å². The van der Waals surface area contributed by atoms with Crippen LogP contribution in [0.3, 0.4) is 0 Å². The molecule has 0 bridgehead atoms. The maximum Gasteiger partial charge on any atom is 0.225 e. The minimum absolute atomic E-state index is 0.667. The van der Waals surface area contributed by atoms with Gasteiger partial charge in [-0.25, -0.2) is 9.97 Å². The summed E-state index contributed by atoms with van der Waals surface area (Å²) >= 11 is 0. The molecule has 21 heavy (non-hydrogen) atoms. The molecular formula is C16H29N5. The zero-order chi connectivity index (χ0) is 15.2. The molecule has 5 heteroatoms. The van der Waals surface area contributed by atoms with E-state index < -0.39 is 0 Å². The summed E-state index contributed by atoms with van der Waals surface area (Å²) in [5.74, 6) is 1.55. The fraction of sp³-hybridized carbons (Fsp3) is 0.750. The van der Waals surface area contributed by atoms with E-state index in [1.165, 1.54) is 5.56 Å². The summed E-state index contributed by atoms with van der Waals surface area (Å²) in [6, 6.07) is 0. The molecule has 0 aromatic carbocycles. The molecule has 1 aromatic rings. The van der Waals surface area contributed by atoms with E-state index in [-0.39, 0.29) is 0 Å². The van der Waals surface area contributed by atoms with Crippen molar-refractivity contribution in [2.45, 2.75) is 34.2 Å². The number of rotatable bonds is 6. The summed E-state index contributed by atoms with van der Waals surface area (Å²) in [4.78, 5) is 14.0. The lowest BCUT2D eigenvalue weighted by molar-refractivity contribution is 0.270. The Hall–Kier alpha value is -1.20. The van der Waals surface area contributed by atoms with Gasteiger partial charge in [0.2, 0.25) is 5.95 Å². The standard InChI is InChI=1S/C16H29N5/c1-5-20-6-8-21(9-7-20)16-18-12-15(14(4)19-16)11-17-10-13(2)3/h12-13,17H,5-11H2,1-4H3. The van der Waals surface area contributed by atoms with E-state index in [4.69, 9.17) is 4.98 Å². The Morgan fingerprint density at radius 3 is 2.52 bits per heavy atom. The molecular weight excluding hydrogens is 262 g/mol. The second-order valence-corrected chi connectivity index (χ2v) is 6.23. The smallest absolute Gasteiger partial charge is 0.225 e. The van der Waals surface area contributed by atoms with Crippen molar-refractivity contribution in [2.75, 3.05) is 44.2 Å². The SMILES string of the molecule is CCN1CCN(c2ncc(CNCC(C)C)c(C)n2)CC1. The van der Waals surface area contributed by atoms with Gasteiger partial charge in [0.1, 0.15) is 0 Å². The van der Waals surface area contributed by atoms with Gasteiger partial charge >= 0.3 is 0 Å². The minimum Gasteiger partial charge on any atom is -0.338 e. The van der Waals surface area contributed by atoms with E-state index in [2.05, 4.69) is 47.8 Å². The number of aryl methyl sites for hydroxylation is 1. The maximum absolute atomic E-state index is 4.70. The third-order valence-electron chi connectivity index (χ3n) is 4.04. The third-order valence-corrected chi connectivity index (χ3v) is 4.04. The van der Waals surface area contributed by atoms with Crippen molar-refractivity contribution in [1.82, 2.24) is 20.2 Å². The van der Waals surface area contributed by atoms with Crippen LogP contribution in [0.2, 0.25) is 0 Å². The first kappa shape index (κ1) is 16.2. The van der Waals surface area contributed by atoms with Crippen molar-refractivity contribution in [3.8, 4) is 0 Å². The van der Waals surface area contributed by atoms with E-state index in [1.807, 2.05) is 6.20 Å². The maximum atomic E-state index is 4.70. The van der Waals surface area contributed by atoms with Crippen LogP contribution in [0.4, 0.5) is 5.95 Å². The van der Waals surface area contributed by atoms with Gasteiger partial charge in [0, 0.05) is 50.2 Å². The highest BCUT2D eigenvalue weighted by molar-refractivity contribution is 5.33. The van der Waals surface area contributed by atoms with Gasteiger partial charge in [0.15, 0.2) is 0 Å². The lowest BCUT2D eigenvalue weighted by atomic mass is 10.2. The van der Waals surface area contributed by atoms with E-state index in [0.29, 0.717) is 5.92 Å². The highest BCUT2D eigenvalue weighted by atomic mass is 15.3. The van der Waals surface area contributed by atoms with Crippen molar-refractivity contribution in [3.63, 3.8) is 0 Å². The Morgan fingerprint density at radius 1 is 1.24 bits per heavy atom. The quantitative estimate of drug-likeness (QED) is 0.864. The molecule has 0 aliphatic carbocycles. The van der Waals surface area contributed by atoms with Crippen LogP contribution in [0, 0.1) is 12.8 Å². The van der Waals surface area contributed by atoms with Crippen LogP contribution in [-0.2, 0) is 6.54 Å². The number of aromatic nitrogens is 2. The summed E-state index contributed by atoms with van der Waals surface area (Å²) in [5.41, 5.74) is 2.29. The monoisotopic (exact) mass is 291 g/mol. The topological polar surface area (TPSA) is 44.3 Å². The van der Waals surface area contributed by atoms with Crippen LogP contribution in [0.15, 0.2) is 6.20 Å². The molecule has 118 valence electrons. The fourth-order valence-corrected chi connectivity index (χ4v) is 2.57. The Morgan fingerprint density at radius 2 is 1.95 bits per heavy atom. The van der Waals surface area contributed by atoms with Crippen molar-refractivity contribution in [3.05, 3.63) is 17.5 Å².